The number of rotatable bonds is 6. The lowest BCUT2D eigenvalue weighted by atomic mass is 10.3. The molecule has 0 saturated carbocycles. The summed E-state index contributed by atoms with van der Waals surface area (Å²) in [6.07, 6.45) is 0. The topological polar surface area (TPSA) is 55.4 Å². The van der Waals surface area contributed by atoms with Gasteiger partial charge >= 0.3 is 5.97 Å². The molecule has 7 heteroatoms. The van der Waals surface area contributed by atoms with Crippen LogP contribution in [0.5, 0.6) is 0 Å². The van der Waals surface area contributed by atoms with Gasteiger partial charge in [-0.2, -0.15) is 0 Å². The van der Waals surface area contributed by atoms with E-state index >= 15 is 0 Å². The summed E-state index contributed by atoms with van der Waals surface area (Å²) in [4.78, 5) is 24.1. The fourth-order valence-electron chi connectivity index (χ4n) is 1.61. The van der Waals surface area contributed by atoms with Gasteiger partial charge in [0.05, 0.1) is 11.4 Å². The average Bonchev–Trinajstić information content (AvgIpc) is 2.54. The van der Waals surface area contributed by atoms with E-state index in [1.807, 2.05) is 24.3 Å². The van der Waals surface area contributed by atoms with E-state index in [2.05, 4.69) is 21.2 Å². The number of carbonyl (C=O) groups excluding carboxylic acids is 2. The second-order valence-corrected chi connectivity index (χ2v) is 6.40. The summed E-state index contributed by atoms with van der Waals surface area (Å²) in [5.41, 5.74) is 0.0535. The van der Waals surface area contributed by atoms with E-state index in [1.165, 1.54) is 30.0 Å². The molecule has 0 radical (unpaired) electrons. The quantitative estimate of drug-likeness (QED) is 0.593. The van der Waals surface area contributed by atoms with E-state index in [9.17, 15) is 14.0 Å². The Morgan fingerprint density at radius 1 is 1.13 bits per heavy atom. The van der Waals surface area contributed by atoms with Crippen LogP contribution >= 0.6 is 27.7 Å². The summed E-state index contributed by atoms with van der Waals surface area (Å²) in [6, 6.07) is 13.3. The summed E-state index contributed by atoms with van der Waals surface area (Å²) in [5.74, 6) is -1.55. The Hall–Kier alpha value is -1.86. The number of esters is 1. The number of carbonyl (C=O) groups is 2. The standard InChI is InChI=1S/C16H13BrFNO3S/c17-11-5-7-12(8-6-11)23-10-16(21)22-9-15(20)19-14-4-2-1-3-13(14)18/h1-8H,9-10H2,(H,19,20). The lowest BCUT2D eigenvalue weighted by Gasteiger charge is -2.07. The Labute approximate surface area is 145 Å². The molecule has 23 heavy (non-hydrogen) atoms. The summed E-state index contributed by atoms with van der Waals surface area (Å²) >= 11 is 4.63. The van der Waals surface area contributed by atoms with Crippen molar-refractivity contribution in [3.05, 3.63) is 58.8 Å². The van der Waals surface area contributed by atoms with Gasteiger partial charge in [0.15, 0.2) is 6.61 Å². The van der Waals surface area contributed by atoms with Crippen molar-refractivity contribution < 1.29 is 18.7 Å². The molecule has 0 spiro atoms. The van der Waals surface area contributed by atoms with Crippen LogP contribution in [-0.4, -0.2) is 24.2 Å². The number of anilines is 1. The molecule has 0 aromatic heterocycles. The number of thioether (sulfide) groups is 1. The van der Waals surface area contributed by atoms with Crippen LogP contribution in [0.4, 0.5) is 10.1 Å². The second-order valence-electron chi connectivity index (χ2n) is 4.43. The van der Waals surface area contributed by atoms with Gasteiger partial charge in [-0.05, 0) is 36.4 Å². The van der Waals surface area contributed by atoms with Crippen molar-refractivity contribution in [1.82, 2.24) is 0 Å². The predicted molar refractivity (Wildman–Crippen MR) is 90.9 cm³/mol. The molecular formula is C16H13BrFNO3S. The molecule has 0 aliphatic heterocycles. The highest BCUT2D eigenvalue weighted by atomic mass is 79.9. The third-order valence-corrected chi connectivity index (χ3v) is 4.20. The van der Waals surface area contributed by atoms with Gasteiger partial charge in [-0.25, -0.2) is 4.39 Å². The molecule has 4 nitrogen and oxygen atoms in total. The Morgan fingerprint density at radius 2 is 1.83 bits per heavy atom. The van der Waals surface area contributed by atoms with Crippen molar-refractivity contribution in [1.29, 1.82) is 0 Å². The first kappa shape index (κ1) is 17.5. The molecule has 2 aromatic carbocycles. The monoisotopic (exact) mass is 397 g/mol. The number of amides is 1. The third kappa shape index (κ3) is 6.03. The van der Waals surface area contributed by atoms with Crippen LogP contribution in [0.1, 0.15) is 0 Å². The maximum absolute atomic E-state index is 13.4. The van der Waals surface area contributed by atoms with E-state index in [-0.39, 0.29) is 11.4 Å². The zero-order chi connectivity index (χ0) is 16.7. The summed E-state index contributed by atoms with van der Waals surface area (Å²) in [6.45, 7) is -0.450. The van der Waals surface area contributed by atoms with E-state index in [1.54, 1.807) is 6.07 Å². The largest absolute Gasteiger partial charge is 0.455 e. The van der Waals surface area contributed by atoms with Crippen molar-refractivity contribution in [2.75, 3.05) is 17.7 Å². The average molecular weight is 398 g/mol. The van der Waals surface area contributed by atoms with E-state index in [0.717, 1.165) is 9.37 Å². The molecule has 2 rings (SSSR count). The van der Waals surface area contributed by atoms with Crippen LogP contribution in [0.2, 0.25) is 0 Å². The van der Waals surface area contributed by atoms with Crippen LogP contribution < -0.4 is 5.32 Å². The number of hydrogen-bond donors (Lipinski definition) is 1. The number of para-hydroxylation sites is 1. The minimum atomic E-state index is -0.586. The lowest BCUT2D eigenvalue weighted by Crippen LogP contribution is -2.22. The van der Waals surface area contributed by atoms with E-state index in [0.29, 0.717) is 0 Å². The third-order valence-electron chi connectivity index (χ3n) is 2.68. The van der Waals surface area contributed by atoms with Crippen LogP contribution in [0.15, 0.2) is 57.9 Å². The number of benzene rings is 2. The Kier molecular flexibility index (Phi) is 6.61. The normalized spacial score (nSPS) is 10.2. The molecule has 0 aliphatic carbocycles. The maximum Gasteiger partial charge on any atom is 0.316 e. The zero-order valence-electron chi connectivity index (χ0n) is 11.9. The van der Waals surface area contributed by atoms with Crippen LogP contribution in [0.3, 0.4) is 0 Å². The van der Waals surface area contributed by atoms with Crippen molar-refractivity contribution >= 4 is 45.3 Å². The summed E-state index contributed by atoms with van der Waals surface area (Å²) in [5, 5.41) is 2.34. The number of nitrogens with one attached hydrogen (secondary N) is 1. The highest BCUT2D eigenvalue weighted by molar-refractivity contribution is 9.10. The van der Waals surface area contributed by atoms with Gasteiger partial charge in [0.25, 0.3) is 5.91 Å². The van der Waals surface area contributed by atoms with Gasteiger partial charge in [0.1, 0.15) is 5.82 Å². The molecule has 0 unspecified atom stereocenters. The molecule has 0 fully saturated rings. The van der Waals surface area contributed by atoms with Gasteiger partial charge in [-0.1, -0.05) is 28.1 Å². The SMILES string of the molecule is O=C(COC(=O)CSc1ccc(Br)cc1)Nc1ccccc1F. The molecular weight excluding hydrogens is 385 g/mol. The van der Waals surface area contributed by atoms with Gasteiger partial charge in [-0.15, -0.1) is 11.8 Å². The first-order valence-electron chi connectivity index (χ1n) is 6.63. The van der Waals surface area contributed by atoms with Gasteiger partial charge in [0.2, 0.25) is 0 Å². The molecule has 0 aliphatic rings. The minimum Gasteiger partial charge on any atom is -0.455 e. The van der Waals surface area contributed by atoms with E-state index in [4.69, 9.17) is 4.74 Å². The molecule has 0 bridgehead atoms. The second kappa shape index (κ2) is 8.69. The van der Waals surface area contributed by atoms with Gasteiger partial charge in [0, 0.05) is 9.37 Å². The molecule has 1 amide bonds. The first-order valence-corrected chi connectivity index (χ1v) is 8.41. The fourth-order valence-corrected chi connectivity index (χ4v) is 2.57. The lowest BCUT2D eigenvalue weighted by molar-refractivity contribution is -0.144. The highest BCUT2D eigenvalue weighted by Crippen LogP contribution is 2.20. The van der Waals surface area contributed by atoms with Crippen molar-refractivity contribution in [2.45, 2.75) is 4.90 Å². The fraction of sp³-hybridized carbons (Fsp3) is 0.125. The summed E-state index contributed by atoms with van der Waals surface area (Å²) in [7, 11) is 0. The predicted octanol–water partition coefficient (Wildman–Crippen LogP) is 3.86. The Morgan fingerprint density at radius 3 is 2.52 bits per heavy atom. The van der Waals surface area contributed by atoms with Gasteiger partial charge in [-0.3, -0.25) is 9.59 Å². The first-order chi connectivity index (χ1) is 11.0. The molecule has 0 saturated heterocycles. The molecule has 0 heterocycles. The molecule has 120 valence electrons. The van der Waals surface area contributed by atoms with Crippen LogP contribution in [-0.2, 0) is 14.3 Å². The Balaban J connectivity index is 1.72. The molecule has 0 atom stereocenters. The van der Waals surface area contributed by atoms with Crippen LogP contribution in [0, 0.1) is 5.82 Å². The van der Waals surface area contributed by atoms with Crippen LogP contribution in [0.25, 0.3) is 0 Å². The van der Waals surface area contributed by atoms with E-state index < -0.39 is 24.3 Å². The molecule has 2 aromatic rings. The smallest absolute Gasteiger partial charge is 0.316 e. The zero-order valence-corrected chi connectivity index (χ0v) is 14.3. The van der Waals surface area contributed by atoms with Crippen molar-refractivity contribution in [3.8, 4) is 0 Å². The van der Waals surface area contributed by atoms with Crippen molar-refractivity contribution in [2.24, 2.45) is 0 Å². The summed E-state index contributed by atoms with van der Waals surface area (Å²) < 4.78 is 19.2. The highest BCUT2D eigenvalue weighted by Gasteiger charge is 2.10. The van der Waals surface area contributed by atoms with Crippen molar-refractivity contribution in [3.63, 3.8) is 0 Å². The maximum atomic E-state index is 13.4. The Bertz CT molecular complexity index is 694. The van der Waals surface area contributed by atoms with Gasteiger partial charge < -0.3 is 10.1 Å². The minimum absolute atomic E-state index is 0.0535. The number of ether oxygens (including phenoxy) is 1. The number of halogens is 2. The number of hydrogen-bond acceptors (Lipinski definition) is 4. The molecule has 1 N–H and O–H groups in total.